The van der Waals surface area contributed by atoms with Crippen molar-refractivity contribution in [3.63, 3.8) is 0 Å². The molecule has 0 N–H and O–H groups in total. The minimum absolute atomic E-state index is 0.298. The number of pyridine rings is 1. The van der Waals surface area contributed by atoms with Crippen LogP contribution in [0.4, 0.5) is 4.79 Å². The van der Waals surface area contributed by atoms with Crippen LogP contribution in [0, 0.1) is 6.92 Å². The predicted molar refractivity (Wildman–Crippen MR) is 71.1 cm³/mol. The fourth-order valence-corrected chi connectivity index (χ4v) is 2.01. The maximum absolute atomic E-state index is 12.1. The van der Waals surface area contributed by atoms with E-state index in [2.05, 4.69) is 4.98 Å². The first-order valence-corrected chi connectivity index (χ1v) is 6.03. The first kappa shape index (κ1) is 12.9. The van der Waals surface area contributed by atoms with E-state index in [1.54, 1.807) is 12.4 Å². The summed E-state index contributed by atoms with van der Waals surface area (Å²) in [7, 11) is 0. The number of hydrogen-bond donors (Lipinski definition) is 0. The number of ether oxygens (including phenoxy) is 1. The van der Waals surface area contributed by atoms with Gasteiger partial charge >= 0.3 is 6.09 Å². The van der Waals surface area contributed by atoms with Gasteiger partial charge in [0.15, 0.2) is 5.15 Å². The maximum atomic E-state index is 12.1. The van der Waals surface area contributed by atoms with Crippen molar-refractivity contribution in [1.29, 1.82) is 0 Å². The summed E-state index contributed by atoms with van der Waals surface area (Å²) in [4.78, 5) is 16.1. The van der Waals surface area contributed by atoms with E-state index in [1.165, 1.54) is 4.57 Å². The molecule has 0 spiro atoms. The fraction of sp³-hybridized carbons (Fsp3) is 0.385. The van der Waals surface area contributed by atoms with Gasteiger partial charge in [-0.3, -0.25) is 0 Å². The highest BCUT2D eigenvalue weighted by Crippen LogP contribution is 2.26. The van der Waals surface area contributed by atoms with Gasteiger partial charge in [-0.15, -0.1) is 0 Å². The molecule has 4 nitrogen and oxygen atoms in total. The number of rotatable bonds is 0. The van der Waals surface area contributed by atoms with Gasteiger partial charge in [-0.2, -0.15) is 0 Å². The van der Waals surface area contributed by atoms with Crippen LogP contribution in [-0.4, -0.2) is 21.2 Å². The largest absolute Gasteiger partial charge is 0.443 e. The molecule has 0 aliphatic heterocycles. The number of aryl methyl sites for hydroxylation is 1. The third kappa shape index (κ3) is 2.34. The van der Waals surface area contributed by atoms with Gasteiger partial charge in [-0.25, -0.2) is 14.3 Å². The molecule has 0 aliphatic carbocycles. The molecule has 0 saturated heterocycles. The molecule has 96 valence electrons. The average Bonchev–Trinajstić information content (AvgIpc) is 2.56. The van der Waals surface area contributed by atoms with E-state index in [0.29, 0.717) is 10.7 Å². The van der Waals surface area contributed by atoms with Gasteiger partial charge in [0.05, 0.1) is 5.52 Å². The zero-order chi connectivity index (χ0) is 13.5. The Morgan fingerprint density at radius 1 is 1.44 bits per heavy atom. The lowest BCUT2D eigenvalue weighted by Gasteiger charge is -2.19. The monoisotopic (exact) mass is 266 g/mol. The predicted octanol–water partition coefficient (Wildman–Crippen LogP) is 3.78. The third-order valence-electron chi connectivity index (χ3n) is 2.46. The molecular formula is C13H15ClN2O2. The minimum Gasteiger partial charge on any atom is -0.443 e. The Morgan fingerprint density at radius 3 is 2.72 bits per heavy atom. The van der Waals surface area contributed by atoms with Crippen molar-refractivity contribution in [2.24, 2.45) is 0 Å². The molecule has 2 aromatic rings. The minimum atomic E-state index is -0.545. The molecule has 0 saturated carbocycles. The van der Waals surface area contributed by atoms with Crippen LogP contribution in [0.25, 0.3) is 10.9 Å². The zero-order valence-corrected chi connectivity index (χ0v) is 11.6. The molecule has 0 radical (unpaired) electrons. The van der Waals surface area contributed by atoms with Crippen molar-refractivity contribution in [2.75, 3.05) is 0 Å². The highest BCUT2D eigenvalue weighted by molar-refractivity contribution is 6.34. The van der Waals surface area contributed by atoms with Gasteiger partial charge in [0, 0.05) is 17.8 Å². The van der Waals surface area contributed by atoms with Crippen molar-refractivity contribution < 1.29 is 9.53 Å². The SMILES string of the molecule is Cc1cn(C(=O)OC(C)(C)C)c2c(Cl)nccc12. The average molecular weight is 267 g/mol. The molecule has 0 fully saturated rings. The summed E-state index contributed by atoms with van der Waals surface area (Å²) in [5.41, 5.74) is 1.00. The van der Waals surface area contributed by atoms with E-state index < -0.39 is 11.7 Å². The van der Waals surface area contributed by atoms with Crippen molar-refractivity contribution >= 4 is 28.6 Å². The fourth-order valence-electron chi connectivity index (χ4n) is 1.76. The van der Waals surface area contributed by atoms with Crippen molar-refractivity contribution in [3.05, 3.63) is 29.2 Å². The Morgan fingerprint density at radius 2 is 2.11 bits per heavy atom. The molecule has 0 amide bonds. The number of halogens is 1. The number of carbonyl (C=O) groups excluding carboxylic acids is 1. The molecule has 0 bridgehead atoms. The van der Waals surface area contributed by atoms with E-state index in [1.807, 2.05) is 33.8 Å². The first-order valence-electron chi connectivity index (χ1n) is 5.65. The van der Waals surface area contributed by atoms with Crippen molar-refractivity contribution in [3.8, 4) is 0 Å². The molecule has 0 aromatic carbocycles. The number of fused-ring (bicyclic) bond motifs is 1. The van der Waals surface area contributed by atoms with Gasteiger partial charge in [0.2, 0.25) is 0 Å². The second kappa shape index (κ2) is 4.28. The molecule has 0 atom stereocenters. The first-order chi connectivity index (χ1) is 8.29. The number of carbonyl (C=O) groups is 1. The molecule has 5 heteroatoms. The Bertz CT molecular complexity index is 611. The molecular weight excluding hydrogens is 252 g/mol. The Kier molecular flexibility index (Phi) is 3.07. The summed E-state index contributed by atoms with van der Waals surface area (Å²) >= 11 is 6.05. The van der Waals surface area contributed by atoms with E-state index in [4.69, 9.17) is 16.3 Å². The highest BCUT2D eigenvalue weighted by atomic mass is 35.5. The second-order valence-electron chi connectivity index (χ2n) is 5.16. The summed E-state index contributed by atoms with van der Waals surface area (Å²) < 4.78 is 6.75. The van der Waals surface area contributed by atoms with Gasteiger partial charge < -0.3 is 4.74 Å². The van der Waals surface area contributed by atoms with Crippen LogP contribution in [0.5, 0.6) is 0 Å². The van der Waals surface area contributed by atoms with E-state index in [-0.39, 0.29) is 0 Å². The maximum Gasteiger partial charge on any atom is 0.419 e. The van der Waals surface area contributed by atoms with Gasteiger partial charge in [0.25, 0.3) is 0 Å². The van der Waals surface area contributed by atoms with Crippen LogP contribution in [0.1, 0.15) is 26.3 Å². The quantitative estimate of drug-likeness (QED) is 0.682. The topological polar surface area (TPSA) is 44.1 Å². The molecule has 2 rings (SSSR count). The van der Waals surface area contributed by atoms with Crippen molar-refractivity contribution in [2.45, 2.75) is 33.3 Å². The van der Waals surface area contributed by atoms with Crippen LogP contribution in [0.15, 0.2) is 18.5 Å². The standard InChI is InChI=1S/C13H15ClN2O2/c1-8-7-16(12(17)18-13(2,3)4)10-9(8)5-6-15-11(10)14/h5-7H,1-4H3. The molecule has 0 aliphatic rings. The lowest BCUT2D eigenvalue weighted by molar-refractivity contribution is 0.0544. The van der Waals surface area contributed by atoms with Gasteiger partial charge in [-0.05, 0) is 39.3 Å². The van der Waals surface area contributed by atoms with Crippen LogP contribution in [-0.2, 0) is 4.74 Å². The van der Waals surface area contributed by atoms with Crippen molar-refractivity contribution in [1.82, 2.24) is 9.55 Å². The lowest BCUT2D eigenvalue weighted by Crippen LogP contribution is -2.26. The normalized spacial score (nSPS) is 11.8. The summed E-state index contributed by atoms with van der Waals surface area (Å²) in [6.45, 7) is 7.38. The summed E-state index contributed by atoms with van der Waals surface area (Å²) in [6, 6.07) is 1.83. The Balaban J connectivity index is 2.55. The van der Waals surface area contributed by atoms with E-state index >= 15 is 0 Å². The van der Waals surface area contributed by atoms with Crippen LogP contribution in [0.2, 0.25) is 5.15 Å². The molecule has 18 heavy (non-hydrogen) atoms. The zero-order valence-electron chi connectivity index (χ0n) is 10.8. The smallest absolute Gasteiger partial charge is 0.419 e. The molecule has 2 heterocycles. The van der Waals surface area contributed by atoms with Crippen LogP contribution >= 0.6 is 11.6 Å². The van der Waals surface area contributed by atoms with E-state index in [9.17, 15) is 4.79 Å². The highest BCUT2D eigenvalue weighted by Gasteiger charge is 2.21. The van der Waals surface area contributed by atoms with Gasteiger partial charge in [-0.1, -0.05) is 11.6 Å². The third-order valence-corrected chi connectivity index (χ3v) is 2.73. The number of nitrogens with zero attached hydrogens (tertiary/aromatic N) is 2. The summed E-state index contributed by atoms with van der Waals surface area (Å²) in [5, 5.41) is 1.20. The lowest BCUT2D eigenvalue weighted by atomic mass is 10.2. The molecule has 0 unspecified atom stereocenters. The summed E-state index contributed by atoms with van der Waals surface area (Å²) in [5.74, 6) is 0. The van der Waals surface area contributed by atoms with E-state index in [0.717, 1.165) is 10.9 Å². The Hall–Kier alpha value is -1.55. The van der Waals surface area contributed by atoms with Crippen LogP contribution in [0.3, 0.4) is 0 Å². The Labute approximate surface area is 111 Å². The number of aromatic nitrogens is 2. The molecule has 2 aromatic heterocycles. The number of hydrogen-bond acceptors (Lipinski definition) is 3. The van der Waals surface area contributed by atoms with Gasteiger partial charge in [0.1, 0.15) is 5.60 Å². The second-order valence-corrected chi connectivity index (χ2v) is 5.52. The van der Waals surface area contributed by atoms with Crippen LogP contribution < -0.4 is 0 Å². The summed E-state index contributed by atoms with van der Waals surface area (Å²) in [6.07, 6.45) is 2.89.